The van der Waals surface area contributed by atoms with E-state index in [0.29, 0.717) is 5.92 Å². The van der Waals surface area contributed by atoms with Gasteiger partial charge in [0.25, 0.3) is 0 Å². The normalized spacial score (nSPS) is 27.6. The van der Waals surface area contributed by atoms with Gasteiger partial charge in [-0.1, -0.05) is 32.9 Å². The SMILES string of the molecule is CC1C=CC(C)(C)/C(=N\NC(N)=O)C1. The number of urea groups is 1. The highest BCUT2D eigenvalue weighted by atomic mass is 16.2. The minimum atomic E-state index is -0.615. The van der Waals surface area contributed by atoms with Gasteiger partial charge in [-0.2, -0.15) is 5.10 Å². The lowest BCUT2D eigenvalue weighted by Crippen LogP contribution is -2.32. The van der Waals surface area contributed by atoms with E-state index in [1.54, 1.807) is 0 Å². The van der Waals surface area contributed by atoms with Gasteiger partial charge >= 0.3 is 6.03 Å². The summed E-state index contributed by atoms with van der Waals surface area (Å²) in [5, 5.41) is 4.03. The Morgan fingerprint density at radius 2 is 2.36 bits per heavy atom. The molecule has 1 unspecified atom stereocenters. The number of nitrogens with zero attached hydrogens (tertiary/aromatic N) is 1. The van der Waals surface area contributed by atoms with Gasteiger partial charge in [0, 0.05) is 11.1 Å². The first-order chi connectivity index (χ1) is 6.42. The van der Waals surface area contributed by atoms with Gasteiger partial charge in [-0.05, 0) is 12.3 Å². The predicted octanol–water partition coefficient (Wildman–Crippen LogP) is 1.63. The summed E-state index contributed by atoms with van der Waals surface area (Å²) in [6.07, 6.45) is 5.15. The number of allylic oxidation sites excluding steroid dienone is 2. The molecular weight excluding hydrogens is 178 g/mol. The van der Waals surface area contributed by atoms with Crippen LogP contribution in [0.15, 0.2) is 17.3 Å². The van der Waals surface area contributed by atoms with Gasteiger partial charge in [0.15, 0.2) is 0 Å². The van der Waals surface area contributed by atoms with E-state index in [1.165, 1.54) is 0 Å². The van der Waals surface area contributed by atoms with Crippen LogP contribution < -0.4 is 11.2 Å². The van der Waals surface area contributed by atoms with E-state index in [-0.39, 0.29) is 5.41 Å². The maximum absolute atomic E-state index is 10.5. The second-order valence-electron chi connectivity index (χ2n) is 4.30. The molecule has 1 aliphatic rings. The average Bonchev–Trinajstić information content (AvgIpc) is 2.07. The van der Waals surface area contributed by atoms with Crippen LogP contribution in [0.2, 0.25) is 0 Å². The minimum Gasteiger partial charge on any atom is -0.350 e. The molecular formula is C10H17N3O. The number of nitrogens with one attached hydrogen (secondary N) is 1. The third-order valence-electron chi connectivity index (χ3n) is 2.40. The molecule has 0 bridgehead atoms. The van der Waals surface area contributed by atoms with Crippen LogP contribution in [-0.4, -0.2) is 11.7 Å². The van der Waals surface area contributed by atoms with Crippen LogP contribution in [0, 0.1) is 11.3 Å². The molecule has 0 saturated heterocycles. The van der Waals surface area contributed by atoms with Crippen LogP contribution in [0.4, 0.5) is 4.79 Å². The highest BCUT2D eigenvalue weighted by Crippen LogP contribution is 2.29. The minimum absolute atomic E-state index is 0.0883. The molecule has 0 aromatic carbocycles. The smallest absolute Gasteiger partial charge is 0.332 e. The van der Waals surface area contributed by atoms with Crippen molar-refractivity contribution in [2.75, 3.05) is 0 Å². The number of rotatable bonds is 1. The van der Waals surface area contributed by atoms with Gasteiger partial charge in [0.2, 0.25) is 0 Å². The quantitative estimate of drug-likeness (QED) is 0.484. The van der Waals surface area contributed by atoms with Gasteiger partial charge in [0.05, 0.1) is 0 Å². The van der Waals surface area contributed by atoms with Gasteiger partial charge < -0.3 is 5.73 Å². The van der Waals surface area contributed by atoms with Crippen LogP contribution in [0.1, 0.15) is 27.2 Å². The summed E-state index contributed by atoms with van der Waals surface area (Å²) in [5.74, 6) is 0.469. The summed E-state index contributed by atoms with van der Waals surface area (Å²) in [4.78, 5) is 10.5. The van der Waals surface area contributed by atoms with E-state index < -0.39 is 6.03 Å². The summed E-state index contributed by atoms with van der Waals surface area (Å²) in [6.45, 7) is 6.25. The van der Waals surface area contributed by atoms with Crippen LogP contribution in [0.25, 0.3) is 0 Å². The molecule has 14 heavy (non-hydrogen) atoms. The zero-order valence-electron chi connectivity index (χ0n) is 8.87. The number of hydrazone groups is 1. The van der Waals surface area contributed by atoms with E-state index in [1.807, 2.05) is 0 Å². The van der Waals surface area contributed by atoms with Crippen molar-refractivity contribution in [2.45, 2.75) is 27.2 Å². The second-order valence-corrected chi connectivity index (χ2v) is 4.30. The van der Waals surface area contributed by atoms with Crippen molar-refractivity contribution in [3.05, 3.63) is 12.2 Å². The Balaban J connectivity index is 2.81. The van der Waals surface area contributed by atoms with Gasteiger partial charge in [-0.25, -0.2) is 10.2 Å². The molecule has 0 radical (unpaired) electrons. The average molecular weight is 195 g/mol. The summed E-state index contributed by atoms with van der Waals surface area (Å²) < 4.78 is 0. The van der Waals surface area contributed by atoms with Gasteiger partial charge in [-0.15, -0.1) is 0 Å². The third kappa shape index (κ3) is 2.58. The molecule has 0 fully saturated rings. The molecule has 2 amide bonds. The first kappa shape index (κ1) is 10.8. The fourth-order valence-electron chi connectivity index (χ4n) is 1.45. The molecule has 78 valence electrons. The van der Waals surface area contributed by atoms with Crippen molar-refractivity contribution in [1.82, 2.24) is 5.43 Å². The zero-order valence-corrected chi connectivity index (χ0v) is 8.87. The van der Waals surface area contributed by atoms with Crippen molar-refractivity contribution < 1.29 is 4.79 Å². The number of carbonyl (C=O) groups is 1. The van der Waals surface area contributed by atoms with Crippen LogP contribution in [-0.2, 0) is 0 Å². The lowest BCUT2D eigenvalue weighted by atomic mass is 9.77. The standard InChI is InChI=1S/C10H17N3O/c1-7-4-5-10(2,3)8(6-7)12-13-9(11)14/h4-5,7H,6H2,1-3H3,(H3,11,13,14)/b12-8-. The summed E-state index contributed by atoms with van der Waals surface area (Å²) >= 11 is 0. The lowest BCUT2D eigenvalue weighted by Gasteiger charge is -2.28. The lowest BCUT2D eigenvalue weighted by molar-refractivity contribution is 0.249. The molecule has 1 rings (SSSR count). The molecule has 3 N–H and O–H groups in total. The Morgan fingerprint density at radius 1 is 1.71 bits per heavy atom. The van der Waals surface area contributed by atoms with Gasteiger partial charge in [0.1, 0.15) is 0 Å². The number of nitrogens with two attached hydrogens (primary N) is 1. The first-order valence-electron chi connectivity index (χ1n) is 4.73. The van der Waals surface area contributed by atoms with Crippen LogP contribution in [0.3, 0.4) is 0 Å². The Kier molecular flexibility index (Phi) is 2.93. The number of hydrogen-bond acceptors (Lipinski definition) is 2. The molecule has 4 nitrogen and oxygen atoms in total. The number of hydrogen-bond donors (Lipinski definition) is 2. The van der Waals surface area contributed by atoms with Crippen LogP contribution >= 0.6 is 0 Å². The predicted molar refractivity (Wildman–Crippen MR) is 56.9 cm³/mol. The Bertz CT molecular complexity index is 292. The van der Waals surface area contributed by atoms with Crippen molar-refractivity contribution >= 4 is 11.7 Å². The van der Waals surface area contributed by atoms with Crippen molar-refractivity contribution in [2.24, 2.45) is 22.2 Å². The highest BCUT2D eigenvalue weighted by Gasteiger charge is 2.27. The van der Waals surface area contributed by atoms with E-state index in [9.17, 15) is 4.79 Å². The zero-order chi connectivity index (χ0) is 10.8. The third-order valence-corrected chi connectivity index (χ3v) is 2.40. The second kappa shape index (κ2) is 3.82. The fourth-order valence-corrected chi connectivity index (χ4v) is 1.45. The van der Waals surface area contributed by atoms with E-state index >= 15 is 0 Å². The Morgan fingerprint density at radius 3 is 2.93 bits per heavy atom. The molecule has 0 aromatic heterocycles. The number of carbonyl (C=O) groups excluding carboxylic acids is 1. The molecule has 0 aromatic rings. The molecule has 0 saturated carbocycles. The van der Waals surface area contributed by atoms with Crippen LogP contribution in [0.5, 0.6) is 0 Å². The van der Waals surface area contributed by atoms with Gasteiger partial charge in [-0.3, -0.25) is 0 Å². The van der Waals surface area contributed by atoms with Crippen molar-refractivity contribution in [3.8, 4) is 0 Å². The highest BCUT2D eigenvalue weighted by molar-refractivity contribution is 5.93. The number of primary amides is 1. The maximum Gasteiger partial charge on any atom is 0.332 e. The molecule has 0 heterocycles. The largest absolute Gasteiger partial charge is 0.350 e. The summed E-state index contributed by atoms with van der Waals surface area (Å²) in [5.41, 5.74) is 8.12. The van der Waals surface area contributed by atoms with E-state index in [2.05, 4.69) is 43.5 Å². The summed E-state index contributed by atoms with van der Waals surface area (Å²) in [6, 6.07) is -0.615. The molecule has 0 spiro atoms. The number of amides is 2. The molecule has 1 atom stereocenters. The summed E-state index contributed by atoms with van der Waals surface area (Å²) in [7, 11) is 0. The topological polar surface area (TPSA) is 67.5 Å². The molecule has 1 aliphatic carbocycles. The molecule has 4 heteroatoms. The van der Waals surface area contributed by atoms with E-state index in [0.717, 1.165) is 12.1 Å². The van der Waals surface area contributed by atoms with E-state index in [4.69, 9.17) is 5.73 Å². The van der Waals surface area contributed by atoms with Crippen molar-refractivity contribution in [3.63, 3.8) is 0 Å². The monoisotopic (exact) mass is 195 g/mol. The van der Waals surface area contributed by atoms with Crippen molar-refractivity contribution in [1.29, 1.82) is 0 Å². The maximum atomic E-state index is 10.5. The Labute approximate surface area is 84.2 Å². The molecule has 0 aliphatic heterocycles. The Hall–Kier alpha value is -1.32. The first-order valence-corrected chi connectivity index (χ1v) is 4.73. The fraction of sp³-hybridized carbons (Fsp3) is 0.600.